The number of aromatic hydroxyl groups is 2. The number of phenols is 2. The fraction of sp³-hybridized carbons (Fsp3) is 0.500. The predicted molar refractivity (Wildman–Crippen MR) is 59.1 cm³/mol. The molecule has 1 atom stereocenters. The summed E-state index contributed by atoms with van der Waals surface area (Å²) in [5.74, 6) is -0.0707. The summed E-state index contributed by atoms with van der Waals surface area (Å²) in [5.41, 5.74) is 1.07. The van der Waals surface area contributed by atoms with Gasteiger partial charge in [0.05, 0.1) is 0 Å². The van der Waals surface area contributed by atoms with Crippen LogP contribution in [-0.2, 0) is 6.42 Å². The van der Waals surface area contributed by atoms with E-state index < -0.39 is 0 Å². The highest BCUT2D eigenvalue weighted by Crippen LogP contribution is 2.26. The Morgan fingerprint density at radius 1 is 1.20 bits per heavy atom. The molecule has 0 saturated carbocycles. The molecule has 0 bridgehead atoms. The van der Waals surface area contributed by atoms with E-state index in [1.54, 1.807) is 12.1 Å². The number of phenolic OH excluding ortho intramolecular Hbond substituents is 2. The van der Waals surface area contributed by atoms with Crippen LogP contribution in [0.5, 0.6) is 11.5 Å². The van der Waals surface area contributed by atoms with Gasteiger partial charge in [0.15, 0.2) is 11.5 Å². The average Bonchev–Trinajstić information content (AvgIpc) is 2.25. The molecular formula is C12H17NO2. The second kappa shape index (κ2) is 4.53. The van der Waals surface area contributed by atoms with Crippen molar-refractivity contribution in [3.05, 3.63) is 23.8 Å². The summed E-state index contributed by atoms with van der Waals surface area (Å²) in [6.45, 7) is 1.09. The fourth-order valence-corrected chi connectivity index (χ4v) is 2.08. The standard InChI is InChI=1S/C12H17NO2/c14-11-5-4-9(8-12(11)15)7-10-3-1-2-6-13-10/h4-5,8,10,13-15H,1-3,6-7H2. The van der Waals surface area contributed by atoms with Gasteiger partial charge in [0.1, 0.15) is 0 Å². The first-order valence-corrected chi connectivity index (χ1v) is 5.50. The smallest absolute Gasteiger partial charge is 0.157 e. The maximum Gasteiger partial charge on any atom is 0.157 e. The fourth-order valence-electron chi connectivity index (χ4n) is 2.08. The Hall–Kier alpha value is -1.22. The Balaban J connectivity index is 2.00. The van der Waals surface area contributed by atoms with E-state index in [-0.39, 0.29) is 11.5 Å². The molecule has 3 heteroatoms. The molecule has 1 aromatic rings. The van der Waals surface area contributed by atoms with Gasteiger partial charge in [0, 0.05) is 6.04 Å². The van der Waals surface area contributed by atoms with Crippen molar-refractivity contribution in [2.75, 3.05) is 6.54 Å². The summed E-state index contributed by atoms with van der Waals surface area (Å²) in [6, 6.07) is 5.58. The highest BCUT2D eigenvalue weighted by atomic mass is 16.3. The normalized spacial score (nSPS) is 21.5. The molecule has 82 valence electrons. The average molecular weight is 207 g/mol. The van der Waals surface area contributed by atoms with Gasteiger partial charge in [-0.25, -0.2) is 0 Å². The predicted octanol–water partition coefficient (Wildman–Crippen LogP) is 1.78. The van der Waals surface area contributed by atoms with Crippen molar-refractivity contribution in [1.29, 1.82) is 0 Å². The summed E-state index contributed by atoms with van der Waals surface area (Å²) in [4.78, 5) is 0. The first-order valence-electron chi connectivity index (χ1n) is 5.50. The van der Waals surface area contributed by atoms with E-state index in [2.05, 4.69) is 5.32 Å². The first kappa shape index (κ1) is 10.3. The van der Waals surface area contributed by atoms with Crippen LogP contribution in [0.4, 0.5) is 0 Å². The van der Waals surface area contributed by atoms with Crippen molar-refractivity contribution in [3.8, 4) is 11.5 Å². The number of benzene rings is 1. The maximum atomic E-state index is 9.36. The number of rotatable bonds is 2. The molecule has 3 nitrogen and oxygen atoms in total. The molecule has 1 aliphatic rings. The van der Waals surface area contributed by atoms with E-state index in [1.165, 1.54) is 19.3 Å². The van der Waals surface area contributed by atoms with Gasteiger partial charge in [0.2, 0.25) is 0 Å². The molecule has 0 aromatic heterocycles. The number of piperidine rings is 1. The van der Waals surface area contributed by atoms with Gasteiger partial charge in [-0.15, -0.1) is 0 Å². The van der Waals surface area contributed by atoms with Crippen molar-refractivity contribution in [3.63, 3.8) is 0 Å². The minimum atomic E-state index is -0.0460. The third kappa shape index (κ3) is 2.63. The molecular weight excluding hydrogens is 190 g/mol. The van der Waals surface area contributed by atoms with Crippen molar-refractivity contribution in [1.82, 2.24) is 5.32 Å². The number of hydrogen-bond donors (Lipinski definition) is 3. The zero-order valence-corrected chi connectivity index (χ0v) is 8.74. The highest BCUT2D eigenvalue weighted by Gasteiger charge is 2.13. The molecule has 1 saturated heterocycles. The lowest BCUT2D eigenvalue weighted by Gasteiger charge is -2.23. The van der Waals surface area contributed by atoms with Crippen LogP contribution in [0.3, 0.4) is 0 Å². The summed E-state index contributed by atoms with van der Waals surface area (Å²) < 4.78 is 0. The Bertz CT molecular complexity index is 332. The molecule has 0 amide bonds. The summed E-state index contributed by atoms with van der Waals surface area (Å²) in [6.07, 6.45) is 4.66. The van der Waals surface area contributed by atoms with Gasteiger partial charge in [-0.1, -0.05) is 12.5 Å². The van der Waals surface area contributed by atoms with Gasteiger partial charge in [-0.05, 0) is 43.5 Å². The minimum absolute atomic E-state index is 0.0247. The van der Waals surface area contributed by atoms with Crippen LogP contribution in [0.15, 0.2) is 18.2 Å². The Morgan fingerprint density at radius 3 is 2.73 bits per heavy atom. The van der Waals surface area contributed by atoms with E-state index >= 15 is 0 Å². The lowest BCUT2D eigenvalue weighted by atomic mass is 9.98. The molecule has 2 rings (SSSR count). The molecule has 1 fully saturated rings. The second-order valence-corrected chi connectivity index (χ2v) is 4.17. The van der Waals surface area contributed by atoms with E-state index in [9.17, 15) is 10.2 Å². The van der Waals surface area contributed by atoms with E-state index in [0.29, 0.717) is 6.04 Å². The molecule has 0 radical (unpaired) electrons. The maximum absolute atomic E-state index is 9.36. The Morgan fingerprint density at radius 2 is 2.07 bits per heavy atom. The summed E-state index contributed by atoms with van der Waals surface area (Å²) >= 11 is 0. The topological polar surface area (TPSA) is 52.5 Å². The van der Waals surface area contributed by atoms with Crippen LogP contribution in [0.25, 0.3) is 0 Å². The molecule has 1 heterocycles. The molecule has 1 aromatic carbocycles. The molecule has 0 spiro atoms. The van der Waals surface area contributed by atoms with Crippen molar-refractivity contribution in [2.24, 2.45) is 0 Å². The van der Waals surface area contributed by atoms with Gasteiger partial charge >= 0.3 is 0 Å². The molecule has 0 aliphatic carbocycles. The summed E-state index contributed by atoms with van der Waals surface area (Å²) in [7, 11) is 0. The molecule has 3 N–H and O–H groups in total. The minimum Gasteiger partial charge on any atom is -0.504 e. The highest BCUT2D eigenvalue weighted by molar-refractivity contribution is 5.40. The number of nitrogens with one attached hydrogen (secondary N) is 1. The third-order valence-electron chi connectivity index (χ3n) is 2.93. The molecule has 1 unspecified atom stereocenters. The Kier molecular flexibility index (Phi) is 3.11. The second-order valence-electron chi connectivity index (χ2n) is 4.17. The number of hydrogen-bond acceptors (Lipinski definition) is 3. The molecule has 15 heavy (non-hydrogen) atoms. The largest absolute Gasteiger partial charge is 0.504 e. The lowest BCUT2D eigenvalue weighted by molar-refractivity contribution is 0.393. The van der Waals surface area contributed by atoms with Crippen LogP contribution in [-0.4, -0.2) is 22.8 Å². The first-order chi connectivity index (χ1) is 7.25. The van der Waals surface area contributed by atoms with Gasteiger partial charge < -0.3 is 15.5 Å². The summed E-state index contributed by atoms with van der Waals surface area (Å²) in [5, 5.41) is 22.0. The molecule has 1 aliphatic heterocycles. The zero-order valence-electron chi connectivity index (χ0n) is 8.74. The quantitative estimate of drug-likeness (QED) is 0.648. The van der Waals surface area contributed by atoms with Crippen LogP contribution >= 0.6 is 0 Å². The zero-order chi connectivity index (χ0) is 10.7. The van der Waals surface area contributed by atoms with Crippen molar-refractivity contribution >= 4 is 0 Å². The van der Waals surface area contributed by atoms with Crippen LogP contribution in [0.1, 0.15) is 24.8 Å². The Labute approximate surface area is 89.8 Å². The lowest BCUT2D eigenvalue weighted by Crippen LogP contribution is -2.35. The van der Waals surface area contributed by atoms with Crippen LogP contribution in [0, 0.1) is 0 Å². The van der Waals surface area contributed by atoms with E-state index in [4.69, 9.17) is 0 Å². The van der Waals surface area contributed by atoms with Crippen molar-refractivity contribution < 1.29 is 10.2 Å². The van der Waals surface area contributed by atoms with E-state index in [0.717, 1.165) is 18.5 Å². The van der Waals surface area contributed by atoms with Crippen LogP contribution < -0.4 is 5.32 Å². The van der Waals surface area contributed by atoms with Gasteiger partial charge in [-0.2, -0.15) is 0 Å². The van der Waals surface area contributed by atoms with Gasteiger partial charge in [0.25, 0.3) is 0 Å². The van der Waals surface area contributed by atoms with E-state index in [1.807, 2.05) is 6.07 Å². The van der Waals surface area contributed by atoms with Crippen molar-refractivity contribution in [2.45, 2.75) is 31.7 Å². The third-order valence-corrected chi connectivity index (χ3v) is 2.93. The van der Waals surface area contributed by atoms with Gasteiger partial charge in [-0.3, -0.25) is 0 Å². The monoisotopic (exact) mass is 207 g/mol. The SMILES string of the molecule is Oc1ccc(CC2CCCCN2)cc1O. The van der Waals surface area contributed by atoms with Crippen LogP contribution in [0.2, 0.25) is 0 Å².